The van der Waals surface area contributed by atoms with Crippen molar-refractivity contribution in [1.82, 2.24) is 0 Å². The maximum atomic E-state index is 10.8. The lowest BCUT2D eigenvalue weighted by molar-refractivity contribution is -0.114. The van der Waals surface area contributed by atoms with Crippen LogP contribution in [0.25, 0.3) is 0 Å². The van der Waals surface area contributed by atoms with E-state index in [1.54, 1.807) is 11.8 Å². The van der Waals surface area contributed by atoms with Gasteiger partial charge in [0.15, 0.2) is 0 Å². The van der Waals surface area contributed by atoms with Crippen LogP contribution in [0.5, 0.6) is 0 Å². The summed E-state index contributed by atoms with van der Waals surface area (Å²) in [5, 5.41) is 2.74. The van der Waals surface area contributed by atoms with E-state index in [0.29, 0.717) is 0 Å². The second kappa shape index (κ2) is 4.67. The second-order valence-corrected chi connectivity index (χ2v) is 4.36. The smallest absolute Gasteiger partial charge is 0.221 e. The highest BCUT2D eigenvalue weighted by Gasteiger charge is 1.99. The van der Waals surface area contributed by atoms with Gasteiger partial charge in [0.05, 0.1) is 0 Å². The molecule has 13 heavy (non-hydrogen) atoms. The molecule has 0 spiro atoms. The van der Waals surface area contributed by atoms with Crippen molar-refractivity contribution in [2.45, 2.75) is 11.8 Å². The van der Waals surface area contributed by atoms with E-state index < -0.39 is 0 Å². The van der Waals surface area contributed by atoms with E-state index in [0.717, 1.165) is 15.1 Å². The maximum Gasteiger partial charge on any atom is 0.221 e. The molecule has 0 radical (unpaired) electrons. The molecule has 0 saturated heterocycles. The summed E-state index contributed by atoms with van der Waals surface area (Å²) in [4.78, 5) is 11.9. The number of amides is 1. The fraction of sp³-hybridized carbons (Fsp3) is 0.222. The third-order valence-corrected chi connectivity index (χ3v) is 2.59. The number of hydrogen-bond acceptors (Lipinski definition) is 2. The number of carbonyl (C=O) groups is 1. The summed E-state index contributed by atoms with van der Waals surface area (Å²) in [5.41, 5.74) is 0.825. The molecule has 0 heterocycles. The monoisotopic (exact) mass is 259 g/mol. The van der Waals surface area contributed by atoms with E-state index in [2.05, 4.69) is 21.2 Å². The Hall–Kier alpha value is -0.480. The molecule has 0 aromatic heterocycles. The van der Waals surface area contributed by atoms with Crippen molar-refractivity contribution >= 4 is 39.3 Å². The zero-order chi connectivity index (χ0) is 9.84. The Kier molecular flexibility index (Phi) is 3.81. The fourth-order valence-corrected chi connectivity index (χ4v) is 2.09. The van der Waals surface area contributed by atoms with Crippen LogP contribution in [0.2, 0.25) is 0 Å². The molecule has 2 nitrogen and oxygen atoms in total. The van der Waals surface area contributed by atoms with Crippen molar-refractivity contribution in [3.63, 3.8) is 0 Å². The van der Waals surface area contributed by atoms with Crippen LogP contribution in [0.15, 0.2) is 27.6 Å². The molecule has 4 heteroatoms. The Morgan fingerprint density at radius 3 is 2.69 bits per heavy atom. The molecule has 0 unspecified atom stereocenters. The number of nitrogens with one attached hydrogen (secondary N) is 1. The summed E-state index contributed by atoms with van der Waals surface area (Å²) in [5.74, 6) is -0.0508. The van der Waals surface area contributed by atoms with Crippen LogP contribution in [0.3, 0.4) is 0 Å². The molecule has 0 aliphatic rings. The first-order chi connectivity index (χ1) is 6.11. The topological polar surface area (TPSA) is 29.1 Å². The van der Waals surface area contributed by atoms with Crippen LogP contribution >= 0.6 is 27.7 Å². The Morgan fingerprint density at radius 2 is 2.15 bits per heavy atom. The number of benzene rings is 1. The predicted molar refractivity (Wildman–Crippen MR) is 60.2 cm³/mol. The van der Waals surface area contributed by atoms with Crippen LogP contribution < -0.4 is 5.32 Å². The third kappa shape index (κ3) is 3.40. The van der Waals surface area contributed by atoms with Gasteiger partial charge in [0, 0.05) is 22.0 Å². The van der Waals surface area contributed by atoms with Gasteiger partial charge in [0.25, 0.3) is 0 Å². The van der Waals surface area contributed by atoms with Gasteiger partial charge < -0.3 is 5.32 Å². The number of anilines is 1. The predicted octanol–water partition coefficient (Wildman–Crippen LogP) is 3.13. The highest BCUT2D eigenvalue weighted by Crippen LogP contribution is 2.25. The molecule has 1 rings (SSSR count). The number of thioether (sulfide) groups is 1. The Morgan fingerprint density at radius 1 is 1.46 bits per heavy atom. The van der Waals surface area contributed by atoms with Gasteiger partial charge >= 0.3 is 0 Å². The standard InChI is InChI=1S/C9H10BrNOS/c1-6(12)11-8-3-7(10)4-9(5-8)13-2/h3-5H,1-2H3,(H,11,12). The van der Waals surface area contributed by atoms with Gasteiger partial charge in [0.1, 0.15) is 0 Å². The zero-order valence-corrected chi connectivity index (χ0v) is 9.83. The number of rotatable bonds is 2. The highest BCUT2D eigenvalue weighted by molar-refractivity contribution is 9.10. The Balaban J connectivity index is 2.94. The molecule has 0 aliphatic carbocycles. The fourth-order valence-electron chi connectivity index (χ4n) is 0.956. The Bertz CT molecular complexity index is 327. The molecule has 0 bridgehead atoms. The number of halogens is 1. The Labute approximate surface area is 90.2 Å². The first-order valence-electron chi connectivity index (χ1n) is 3.74. The molecule has 1 aromatic carbocycles. The number of carbonyl (C=O) groups excluding carboxylic acids is 1. The van der Waals surface area contributed by atoms with Gasteiger partial charge in [-0.15, -0.1) is 11.8 Å². The molecule has 0 atom stereocenters. The maximum absolute atomic E-state index is 10.8. The third-order valence-electron chi connectivity index (χ3n) is 1.43. The van der Waals surface area contributed by atoms with Crippen molar-refractivity contribution in [2.24, 2.45) is 0 Å². The summed E-state index contributed by atoms with van der Waals surface area (Å²) in [6, 6.07) is 5.83. The minimum absolute atomic E-state index is 0.0508. The summed E-state index contributed by atoms with van der Waals surface area (Å²) >= 11 is 5.02. The summed E-state index contributed by atoms with van der Waals surface area (Å²) < 4.78 is 0.975. The first-order valence-corrected chi connectivity index (χ1v) is 5.76. The largest absolute Gasteiger partial charge is 0.326 e. The average molecular weight is 260 g/mol. The van der Waals surface area contributed by atoms with Crippen molar-refractivity contribution in [3.05, 3.63) is 22.7 Å². The lowest BCUT2D eigenvalue weighted by atomic mass is 10.3. The van der Waals surface area contributed by atoms with Crippen molar-refractivity contribution in [2.75, 3.05) is 11.6 Å². The summed E-state index contributed by atoms with van der Waals surface area (Å²) in [6.07, 6.45) is 2.00. The zero-order valence-electron chi connectivity index (χ0n) is 7.43. The van der Waals surface area contributed by atoms with Gasteiger partial charge in [-0.2, -0.15) is 0 Å². The lowest BCUT2D eigenvalue weighted by Gasteiger charge is -2.04. The van der Waals surface area contributed by atoms with Crippen LogP contribution in [0.1, 0.15) is 6.92 Å². The molecule has 1 aromatic rings. The summed E-state index contributed by atoms with van der Waals surface area (Å²) in [6.45, 7) is 1.50. The summed E-state index contributed by atoms with van der Waals surface area (Å²) in [7, 11) is 0. The molecule has 0 aliphatic heterocycles. The molecule has 0 fully saturated rings. The van der Waals surface area contributed by atoms with E-state index in [9.17, 15) is 4.79 Å². The molecule has 70 valence electrons. The van der Waals surface area contributed by atoms with Crippen LogP contribution in [-0.2, 0) is 4.79 Å². The molecule has 0 saturated carbocycles. The first kappa shape index (κ1) is 10.6. The normalized spacial score (nSPS) is 9.77. The molecular formula is C9H10BrNOS. The van der Waals surface area contributed by atoms with E-state index in [4.69, 9.17) is 0 Å². The SMILES string of the molecule is CSc1cc(Br)cc(NC(C)=O)c1. The van der Waals surface area contributed by atoms with Crippen molar-refractivity contribution in [1.29, 1.82) is 0 Å². The van der Waals surface area contributed by atoms with Gasteiger partial charge in [-0.3, -0.25) is 4.79 Å². The average Bonchev–Trinajstić information content (AvgIpc) is 2.01. The van der Waals surface area contributed by atoms with Crippen LogP contribution in [0.4, 0.5) is 5.69 Å². The van der Waals surface area contributed by atoms with Crippen molar-refractivity contribution < 1.29 is 4.79 Å². The molecule has 1 amide bonds. The van der Waals surface area contributed by atoms with Crippen LogP contribution in [-0.4, -0.2) is 12.2 Å². The van der Waals surface area contributed by atoms with Gasteiger partial charge in [-0.25, -0.2) is 0 Å². The van der Waals surface area contributed by atoms with Gasteiger partial charge in [-0.05, 0) is 24.5 Å². The lowest BCUT2D eigenvalue weighted by Crippen LogP contribution is -2.05. The van der Waals surface area contributed by atoms with E-state index in [1.807, 2.05) is 24.5 Å². The van der Waals surface area contributed by atoms with Gasteiger partial charge in [-0.1, -0.05) is 15.9 Å². The number of hydrogen-bond donors (Lipinski definition) is 1. The van der Waals surface area contributed by atoms with Gasteiger partial charge in [0.2, 0.25) is 5.91 Å². The second-order valence-electron chi connectivity index (χ2n) is 2.56. The van der Waals surface area contributed by atoms with Crippen LogP contribution in [0, 0.1) is 0 Å². The minimum atomic E-state index is -0.0508. The van der Waals surface area contributed by atoms with E-state index in [1.165, 1.54) is 6.92 Å². The molecule has 1 N–H and O–H groups in total. The van der Waals surface area contributed by atoms with Crippen molar-refractivity contribution in [3.8, 4) is 0 Å². The molecular weight excluding hydrogens is 250 g/mol. The quantitative estimate of drug-likeness (QED) is 0.828. The van der Waals surface area contributed by atoms with E-state index in [-0.39, 0.29) is 5.91 Å². The van der Waals surface area contributed by atoms with E-state index >= 15 is 0 Å². The minimum Gasteiger partial charge on any atom is -0.326 e. The highest BCUT2D eigenvalue weighted by atomic mass is 79.9.